The summed E-state index contributed by atoms with van der Waals surface area (Å²) in [7, 11) is 0. The average molecular weight is 264 g/mol. The monoisotopic (exact) mass is 264 g/mol. The van der Waals surface area contributed by atoms with Gasteiger partial charge < -0.3 is 10.1 Å². The molecule has 2 aromatic heterocycles. The van der Waals surface area contributed by atoms with E-state index < -0.39 is 0 Å². The zero-order valence-electron chi connectivity index (χ0n) is 10.7. The van der Waals surface area contributed by atoms with Gasteiger partial charge in [0.15, 0.2) is 0 Å². The molecule has 5 nitrogen and oxygen atoms in total. The summed E-state index contributed by atoms with van der Waals surface area (Å²) in [6, 6.07) is 3.87. The Morgan fingerprint density at radius 3 is 2.78 bits per heavy atom. The van der Waals surface area contributed by atoms with Crippen LogP contribution >= 0.6 is 11.5 Å². The van der Waals surface area contributed by atoms with Crippen LogP contribution in [0.4, 0.5) is 5.13 Å². The fourth-order valence-corrected chi connectivity index (χ4v) is 1.94. The highest BCUT2D eigenvalue weighted by Crippen LogP contribution is 2.13. The van der Waals surface area contributed by atoms with Crippen LogP contribution in [0, 0.1) is 6.92 Å². The van der Waals surface area contributed by atoms with Crippen LogP contribution in [0.25, 0.3) is 0 Å². The molecule has 2 heterocycles. The number of hydrogen-bond acceptors (Lipinski definition) is 6. The molecule has 2 rings (SSSR count). The van der Waals surface area contributed by atoms with Crippen molar-refractivity contribution in [1.29, 1.82) is 0 Å². The van der Waals surface area contributed by atoms with Crippen molar-refractivity contribution in [1.82, 2.24) is 14.3 Å². The fraction of sp³-hybridized carbons (Fsp3) is 0.417. The first-order chi connectivity index (χ1) is 8.63. The Balaban J connectivity index is 1.90. The predicted molar refractivity (Wildman–Crippen MR) is 72.0 cm³/mol. The molecule has 0 saturated heterocycles. The van der Waals surface area contributed by atoms with Gasteiger partial charge in [0.05, 0.1) is 6.10 Å². The molecular formula is C12H16N4OS. The van der Waals surface area contributed by atoms with Gasteiger partial charge in [0.1, 0.15) is 5.82 Å². The molecule has 0 bridgehead atoms. The second-order valence-electron chi connectivity index (χ2n) is 4.17. The molecule has 0 aliphatic rings. The van der Waals surface area contributed by atoms with Gasteiger partial charge in [-0.05, 0) is 26.3 Å². The minimum absolute atomic E-state index is 0.144. The van der Waals surface area contributed by atoms with E-state index in [0.717, 1.165) is 16.5 Å². The SMILES string of the molecule is Cc1nsc(NCc2ccc(OC(C)C)nc2)n1. The largest absolute Gasteiger partial charge is 0.475 e. The summed E-state index contributed by atoms with van der Waals surface area (Å²) in [5.74, 6) is 1.45. The van der Waals surface area contributed by atoms with Crippen molar-refractivity contribution in [3.63, 3.8) is 0 Å². The highest BCUT2D eigenvalue weighted by molar-refractivity contribution is 7.09. The summed E-state index contributed by atoms with van der Waals surface area (Å²) in [6.45, 7) is 6.52. The Morgan fingerprint density at radius 1 is 1.39 bits per heavy atom. The van der Waals surface area contributed by atoms with Crippen molar-refractivity contribution in [3.8, 4) is 5.88 Å². The minimum Gasteiger partial charge on any atom is -0.475 e. The number of nitrogens with zero attached hydrogens (tertiary/aromatic N) is 3. The lowest BCUT2D eigenvalue weighted by molar-refractivity contribution is 0.232. The summed E-state index contributed by atoms with van der Waals surface area (Å²) < 4.78 is 9.59. The van der Waals surface area contributed by atoms with E-state index in [0.29, 0.717) is 12.4 Å². The molecule has 2 aromatic rings. The molecular weight excluding hydrogens is 248 g/mol. The lowest BCUT2D eigenvalue weighted by atomic mass is 10.3. The Hall–Kier alpha value is -1.69. The van der Waals surface area contributed by atoms with Crippen LogP contribution in [0.2, 0.25) is 0 Å². The van der Waals surface area contributed by atoms with Gasteiger partial charge in [-0.15, -0.1) is 0 Å². The Kier molecular flexibility index (Phi) is 4.09. The number of aryl methyl sites for hydroxylation is 1. The van der Waals surface area contributed by atoms with E-state index in [4.69, 9.17) is 4.74 Å². The van der Waals surface area contributed by atoms with Gasteiger partial charge >= 0.3 is 0 Å². The summed E-state index contributed by atoms with van der Waals surface area (Å²) in [5.41, 5.74) is 1.08. The maximum absolute atomic E-state index is 5.48. The first-order valence-corrected chi connectivity index (χ1v) is 6.56. The van der Waals surface area contributed by atoms with Crippen LogP contribution in [0.1, 0.15) is 25.2 Å². The maximum Gasteiger partial charge on any atom is 0.213 e. The Morgan fingerprint density at radius 2 is 2.22 bits per heavy atom. The Labute approximate surface area is 110 Å². The van der Waals surface area contributed by atoms with E-state index in [1.54, 1.807) is 6.20 Å². The van der Waals surface area contributed by atoms with Gasteiger partial charge in [-0.2, -0.15) is 4.37 Å². The second-order valence-corrected chi connectivity index (χ2v) is 4.92. The van der Waals surface area contributed by atoms with E-state index in [-0.39, 0.29) is 6.10 Å². The number of pyridine rings is 1. The molecule has 6 heteroatoms. The molecule has 0 fully saturated rings. The lowest BCUT2D eigenvalue weighted by Crippen LogP contribution is -2.07. The van der Waals surface area contributed by atoms with E-state index in [9.17, 15) is 0 Å². The molecule has 0 aliphatic carbocycles. The quantitative estimate of drug-likeness (QED) is 0.899. The lowest BCUT2D eigenvalue weighted by Gasteiger charge is -2.08. The molecule has 0 aromatic carbocycles. The van der Waals surface area contributed by atoms with Crippen molar-refractivity contribution in [2.24, 2.45) is 0 Å². The summed E-state index contributed by atoms with van der Waals surface area (Å²) in [4.78, 5) is 8.48. The highest BCUT2D eigenvalue weighted by atomic mass is 32.1. The maximum atomic E-state index is 5.48. The van der Waals surface area contributed by atoms with Gasteiger partial charge in [-0.1, -0.05) is 6.07 Å². The number of anilines is 1. The third kappa shape index (κ3) is 3.66. The van der Waals surface area contributed by atoms with Crippen LogP contribution in [0.3, 0.4) is 0 Å². The van der Waals surface area contributed by atoms with Crippen molar-refractivity contribution >= 4 is 16.7 Å². The summed E-state index contributed by atoms with van der Waals surface area (Å²) >= 11 is 1.36. The first-order valence-electron chi connectivity index (χ1n) is 5.79. The molecule has 0 amide bonds. The van der Waals surface area contributed by atoms with Crippen LogP contribution in [0.5, 0.6) is 5.88 Å². The molecule has 0 spiro atoms. The van der Waals surface area contributed by atoms with Crippen molar-refractivity contribution in [2.45, 2.75) is 33.4 Å². The molecule has 0 aliphatic heterocycles. The van der Waals surface area contributed by atoms with E-state index in [1.165, 1.54) is 11.5 Å². The molecule has 0 unspecified atom stereocenters. The molecule has 96 valence electrons. The molecule has 1 N–H and O–H groups in total. The van der Waals surface area contributed by atoms with Crippen LogP contribution < -0.4 is 10.1 Å². The van der Waals surface area contributed by atoms with Gasteiger partial charge in [0.2, 0.25) is 11.0 Å². The van der Waals surface area contributed by atoms with Crippen molar-refractivity contribution in [2.75, 3.05) is 5.32 Å². The van der Waals surface area contributed by atoms with Crippen molar-refractivity contribution < 1.29 is 4.74 Å². The van der Waals surface area contributed by atoms with Crippen LogP contribution in [0.15, 0.2) is 18.3 Å². The highest BCUT2D eigenvalue weighted by Gasteiger charge is 2.02. The zero-order chi connectivity index (χ0) is 13.0. The molecule has 0 saturated carbocycles. The number of hydrogen-bond donors (Lipinski definition) is 1. The first kappa shape index (κ1) is 12.8. The van der Waals surface area contributed by atoms with Gasteiger partial charge in [0, 0.05) is 30.3 Å². The fourth-order valence-electron chi connectivity index (χ4n) is 1.37. The van der Waals surface area contributed by atoms with E-state index in [2.05, 4.69) is 19.7 Å². The van der Waals surface area contributed by atoms with E-state index in [1.807, 2.05) is 32.9 Å². The topological polar surface area (TPSA) is 59.9 Å². The summed E-state index contributed by atoms with van der Waals surface area (Å²) in [5, 5.41) is 4.03. The van der Waals surface area contributed by atoms with Crippen LogP contribution in [-0.4, -0.2) is 20.4 Å². The third-order valence-electron chi connectivity index (χ3n) is 2.13. The van der Waals surface area contributed by atoms with Gasteiger partial charge in [-0.3, -0.25) is 0 Å². The van der Waals surface area contributed by atoms with Gasteiger partial charge in [0.25, 0.3) is 0 Å². The molecule has 0 radical (unpaired) electrons. The summed E-state index contributed by atoms with van der Waals surface area (Å²) in [6.07, 6.45) is 1.95. The number of aromatic nitrogens is 3. The average Bonchev–Trinajstić information content (AvgIpc) is 2.74. The predicted octanol–water partition coefficient (Wildman–Crippen LogP) is 2.64. The molecule has 18 heavy (non-hydrogen) atoms. The number of rotatable bonds is 5. The Bertz CT molecular complexity index is 495. The number of ether oxygens (including phenoxy) is 1. The van der Waals surface area contributed by atoms with Crippen molar-refractivity contribution in [3.05, 3.63) is 29.7 Å². The van der Waals surface area contributed by atoms with E-state index >= 15 is 0 Å². The smallest absolute Gasteiger partial charge is 0.213 e. The second kappa shape index (κ2) is 5.77. The minimum atomic E-state index is 0.144. The zero-order valence-corrected chi connectivity index (χ0v) is 11.5. The number of nitrogens with one attached hydrogen (secondary N) is 1. The standard InChI is InChI=1S/C12H16N4OS/c1-8(2)17-11-5-4-10(6-13-11)7-14-12-15-9(3)16-18-12/h4-6,8H,7H2,1-3H3,(H,14,15,16). The normalized spacial score (nSPS) is 10.7. The van der Waals surface area contributed by atoms with Gasteiger partial charge in [-0.25, -0.2) is 9.97 Å². The van der Waals surface area contributed by atoms with Crippen LogP contribution in [-0.2, 0) is 6.54 Å². The molecule has 0 atom stereocenters. The third-order valence-corrected chi connectivity index (χ3v) is 2.89.